The first-order chi connectivity index (χ1) is 20.0. The number of rotatable bonds is 0. The molecule has 1 spiro atoms. The number of benzene rings is 2. The second-order valence-corrected chi connectivity index (χ2v) is 16.5. The summed E-state index contributed by atoms with van der Waals surface area (Å²) in [6.07, 6.45) is 7.19. The lowest BCUT2D eigenvalue weighted by Crippen LogP contribution is -2.53. The zero-order valence-corrected chi connectivity index (χ0v) is 26.0. The monoisotopic (exact) mass is 612 g/mol. The number of hydrogen-bond donors (Lipinski definition) is 2. The van der Waals surface area contributed by atoms with Gasteiger partial charge in [0.1, 0.15) is 5.75 Å². The molecule has 3 aliphatic carbocycles. The topological polar surface area (TPSA) is 95.9 Å². The van der Waals surface area contributed by atoms with E-state index in [1.54, 1.807) is 19.1 Å². The minimum atomic E-state index is -3.85. The first-order valence-electron chi connectivity index (χ1n) is 15.6. The normalized spacial score (nSPS) is 37.2. The summed E-state index contributed by atoms with van der Waals surface area (Å²) in [7, 11) is -3.85. The molecule has 0 saturated heterocycles. The molecule has 2 aromatic rings. The first kappa shape index (κ1) is 28.5. The molecule has 7 atom stereocenters. The van der Waals surface area contributed by atoms with Crippen molar-refractivity contribution < 1.29 is 23.1 Å². The van der Waals surface area contributed by atoms with Crippen LogP contribution < -0.4 is 14.4 Å². The van der Waals surface area contributed by atoms with Gasteiger partial charge in [-0.3, -0.25) is 4.79 Å². The number of fused-ring (bicyclic) bond motifs is 5. The Morgan fingerprint density at radius 3 is 2.67 bits per heavy atom. The summed E-state index contributed by atoms with van der Waals surface area (Å²) < 4.78 is 35.1. The minimum Gasteiger partial charge on any atom is -0.490 e. The van der Waals surface area contributed by atoms with Gasteiger partial charge in [-0.15, -0.1) is 0 Å². The number of halogens is 1. The van der Waals surface area contributed by atoms with Gasteiger partial charge < -0.3 is 14.7 Å². The quantitative estimate of drug-likeness (QED) is 0.410. The molecule has 2 heterocycles. The van der Waals surface area contributed by atoms with Crippen molar-refractivity contribution in [2.45, 2.75) is 81.5 Å². The van der Waals surface area contributed by atoms with Gasteiger partial charge in [-0.2, -0.15) is 0 Å². The van der Waals surface area contributed by atoms with Crippen LogP contribution in [0.2, 0.25) is 5.02 Å². The average molecular weight is 613 g/mol. The molecule has 226 valence electrons. The minimum absolute atomic E-state index is 0.189. The highest BCUT2D eigenvalue weighted by molar-refractivity contribution is 7.90. The van der Waals surface area contributed by atoms with Gasteiger partial charge in [0, 0.05) is 29.1 Å². The van der Waals surface area contributed by atoms with E-state index >= 15 is 0 Å². The molecule has 5 aliphatic rings. The Bertz CT molecular complexity index is 1530. The maximum Gasteiger partial charge on any atom is 0.264 e. The van der Waals surface area contributed by atoms with E-state index in [1.807, 2.05) is 19.1 Å². The molecule has 2 N–H and O–H groups in total. The highest BCUT2D eigenvalue weighted by atomic mass is 35.5. The van der Waals surface area contributed by atoms with Crippen molar-refractivity contribution in [1.82, 2.24) is 4.72 Å². The predicted octanol–water partition coefficient (Wildman–Crippen LogP) is 5.47. The van der Waals surface area contributed by atoms with E-state index in [2.05, 4.69) is 21.8 Å². The number of hydrogen-bond acceptors (Lipinski definition) is 6. The number of anilines is 1. The molecule has 7 nitrogen and oxygen atoms in total. The van der Waals surface area contributed by atoms with Crippen LogP contribution in [0.3, 0.4) is 0 Å². The molecule has 0 aromatic heterocycles. The molecule has 2 aromatic carbocycles. The fourth-order valence-corrected chi connectivity index (χ4v) is 9.76. The predicted molar refractivity (Wildman–Crippen MR) is 164 cm³/mol. The molecule has 0 unspecified atom stereocenters. The summed E-state index contributed by atoms with van der Waals surface area (Å²) in [6.45, 7) is 5.65. The molecule has 9 heteroatoms. The van der Waals surface area contributed by atoms with E-state index in [0.29, 0.717) is 42.7 Å². The fourth-order valence-electron chi connectivity index (χ4n) is 8.55. The standard InChI is InChI=1S/C33H41ClN2O5S/c1-20-5-6-22-15-28(22)32(2,38)26-10-7-24(26)17-36-18-33(13-3-4-21-14-25(34)9-11-27(21)33)19-41-30-12-8-23(16-29(30)36)31(37)35-42(20,39)40/h8-9,11-12,14,16,20,22,24,26,28,38H,3-7,10,13,15,17-19H2,1-2H3,(H,35,37)/t20-,22+,24+,26-,28+,32-,33+/m1/s1. The van der Waals surface area contributed by atoms with E-state index in [1.165, 1.54) is 11.1 Å². The number of aryl methyl sites for hydroxylation is 1. The lowest BCUT2D eigenvalue weighted by atomic mass is 9.63. The number of carbonyl (C=O) groups is 1. The lowest BCUT2D eigenvalue weighted by molar-refractivity contribution is -0.0868. The Labute approximate surface area is 254 Å². The molecule has 2 aliphatic heterocycles. The molecule has 0 radical (unpaired) electrons. The van der Waals surface area contributed by atoms with E-state index in [9.17, 15) is 18.3 Å². The summed E-state index contributed by atoms with van der Waals surface area (Å²) in [5.74, 6) is 1.11. The lowest BCUT2D eigenvalue weighted by Gasteiger charge is -2.49. The first-order valence-corrected chi connectivity index (χ1v) is 17.5. The summed E-state index contributed by atoms with van der Waals surface area (Å²) in [5, 5.41) is 11.9. The highest BCUT2D eigenvalue weighted by Gasteiger charge is 2.56. The zero-order valence-electron chi connectivity index (χ0n) is 24.4. The Morgan fingerprint density at radius 1 is 1.07 bits per heavy atom. The van der Waals surface area contributed by atoms with Crippen LogP contribution in [0.5, 0.6) is 5.75 Å². The van der Waals surface area contributed by atoms with Gasteiger partial charge >= 0.3 is 0 Å². The van der Waals surface area contributed by atoms with Gasteiger partial charge in [-0.1, -0.05) is 17.7 Å². The van der Waals surface area contributed by atoms with Crippen molar-refractivity contribution in [3.8, 4) is 5.75 Å². The fraction of sp³-hybridized carbons (Fsp3) is 0.606. The number of carbonyl (C=O) groups excluding carboxylic acids is 1. The maximum atomic E-state index is 13.3. The summed E-state index contributed by atoms with van der Waals surface area (Å²) >= 11 is 6.40. The SMILES string of the molecule is C[C@@H]1CC[C@H]2C[C@@H]2[C@](C)(O)[C@@H]2CC[C@H]2CN2C[C@@]3(CCCc4cc(Cl)ccc43)COc3ccc(cc32)C(=O)NS1(=O)=O. The Balaban J connectivity index is 1.31. The van der Waals surface area contributed by atoms with E-state index in [4.69, 9.17) is 16.3 Å². The molecule has 7 rings (SSSR count). The number of ether oxygens (including phenoxy) is 1. The third-order valence-corrected chi connectivity index (χ3v) is 13.3. The molecule has 2 bridgehead atoms. The van der Waals surface area contributed by atoms with Crippen molar-refractivity contribution in [2.24, 2.45) is 23.7 Å². The van der Waals surface area contributed by atoms with Crippen LogP contribution in [0.25, 0.3) is 0 Å². The van der Waals surface area contributed by atoms with Crippen LogP contribution in [0.15, 0.2) is 36.4 Å². The zero-order chi connectivity index (χ0) is 29.4. The van der Waals surface area contributed by atoms with Gasteiger partial charge in [0.15, 0.2) is 0 Å². The molecule has 42 heavy (non-hydrogen) atoms. The Hall–Kier alpha value is -2.29. The molecular weight excluding hydrogens is 572 g/mol. The van der Waals surface area contributed by atoms with Gasteiger partial charge in [0.05, 0.1) is 23.1 Å². The second kappa shape index (κ2) is 10.1. The van der Waals surface area contributed by atoms with Crippen molar-refractivity contribution in [3.05, 3.63) is 58.1 Å². The number of amides is 1. The van der Waals surface area contributed by atoms with E-state index in [0.717, 1.165) is 62.2 Å². The van der Waals surface area contributed by atoms with Crippen molar-refractivity contribution in [1.29, 1.82) is 0 Å². The molecule has 2 fully saturated rings. The van der Waals surface area contributed by atoms with Crippen LogP contribution in [-0.2, 0) is 21.9 Å². The number of sulfonamides is 1. The molecule has 2 saturated carbocycles. The average Bonchev–Trinajstić information content (AvgIpc) is 3.73. The maximum absolute atomic E-state index is 13.3. The van der Waals surface area contributed by atoms with E-state index in [-0.39, 0.29) is 17.3 Å². The highest BCUT2D eigenvalue weighted by Crippen LogP contribution is 2.57. The van der Waals surface area contributed by atoms with Crippen molar-refractivity contribution >= 4 is 33.2 Å². The van der Waals surface area contributed by atoms with Gasteiger partial charge in [0.2, 0.25) is 10.0 Å². The number of nitrogens with zero attached hydrogens (tertiary/aromatic N) is 1. The summed E-state index contributed by atoms with van der Waals surface area (Å²) in [6, 6.07) is 11.5. The van der Waals surface area contributed by atoms with E-state index < -0.39 is 26.8 Å². The second-order valence-electron chi connectivity index (χ2n) is 13.9. The largest absolute Gasteiger partial charge is 0.490 e. The van der Waals surface area contributed by atoms with Crippen LogP contribution in [-0.4, -0.2) is 50.0 Å². The third kappa shape index (κ3) is 4.82. The molecular formula is C33H41ClN2O5S. The summed E-state index contributed by atoms with van der Waals surface area (Å²) in [4.78, 5) is 15.7. The smallest absolute Gasteiger partial charge is 0.264 e. The Morgan fingerprint density at radius 2 is 1.88 bits per heavy atom. The van der Waals surface area contributed by atoms with Crippen molar-refractivity contribution in [3.63, 3.8) is 0 Å². The third-order valence-electron chi connectivity index (χ3n) is 11.3. The summed E-state index contributed by atoms with van der Waals surface area (Å²) in [5.41, 5.74) is 2.63. The van der Waals surface area contributed by atoms with Gasteiger partial charge in [-0.25, -0.2) is 13.1 Å². The number of aliphatic hydroxyl groups is 1. The van der Waals surface area contributed by atoms with Crippen LogP contribution in [0, 0.1) is 23.7 Å². The number of nitrogens with one attached hydrogen (secondary N) is 1. The van der Waals surface area contributed by atoms with Crippen molar-refractivity contribution in [2.75, 3.05) is 24.6 Å². The van der Waals surface area contributed by atoms with Gasteiger partial charge in [0.25, 0.3) is 5.91 Å². The van der Waals surface area contributed by atoms with Crippen LogP contribution >= 0.6 is 11.6 Å². The molecule has 1 amide bonds. The van der Waals surface area contributed by atoms with Gasteiger partial charge in [-0.05, 0) is 130 Å². The van der Waals surface area contributed by atoms with Crippen LogP contribution in [0.4, 0.5) is 5.69 Å². The van der Waals surface area contributed by atoms with Crippen LogP contribution in [0.1, 0.15) is 80.3 Å². The Kier molecular flexibility index (Phi) is 6.87.